The molecule has 0 bridgehead atoms. The monoisotopic (exact) mass is 356 g/mol. The SMILES string of the molecule is CCOC(=O)c1cc(Br)c(OC)c(S(=O)(=O)Cl)c1. The summed E-state index contributed by atoms with van der Waals surface area (Å²) in [5.74, 6) is -0.597. The number of hydrogen-bond acceptors (Lipinski definition) is 5. The molecule has 0 amide bonds. The number of hydrogen-bond donors (Lipinski definition) is 0. The van der Waals surface area contributed by atoms with Crippen molar-refractivity contribution >= 4 is 41.6 Å². The molecule has 0 N–H and O–H groups in total. The number of carbonyl (C=O) groups excluding carboxylic acids is 1. The van der Waals surface area contributed by atoms with Gasteiger partial charge >= 0.3 is 5.97 Å². The summed E-state index contributed by atoms with van der Waals surface area (Å²) in [7, 11) is 2.56. The van der Waals surface area contributed by atoms with Crippen LogP contribution in [0.4, 0.5) is 0 Å². The molecule has 0 aliphatic heterocycles. The third-order valence-electron chi connectivity index (χ3n) is 1.99. The average molecular weight is 358 g/mol. The van der Waals surface area contributed by atoms with Gasteiger partial charge in [-0.3, -0.25) is 0 Å². The first-order valence-electron chi connectivity index (χ1n) is 4.80. The normalized spacial score (nSPS) is 11.1. The molecule has 0 aliphatic carbocycles. The molecule has 1 rings (SSSR count). The topological polar surface area (TPSA) is 69.7 Å². The van der Waals surface area contributed by atoms with Gasteiger partial charge in [0.25, 0.3) is 9.05 Å². The van der Waals surface area contributed by atoms with Crippen LogP contribution in [0.5, 0.6) is 5.75 Å². The fraction of sp³-hybridized carbons (Fsp3) is 0.300. The van der Waals surface area contributed by atoms with E-state index in [4.69, 9.17) is 20.2 Å². The molecular formula is C10H10BrClO5S. The summed E-state index contributed by atoms with van der Waals surface area (Å²) in [5, 5.41) is 0. The molecule has 0 spiro atoms. The van der Waals surface area contributed by atoms with Crippen LogP contribution in [0.2, 0.25) is 0 Å². The molecule has 100 valence electrons. The molecule has 18 heavy (non-hydrogen) atoms. The highest BCUT2D eigenvalue weighted by atomic mass is 79.9. The molecule has 0 fully saturated rings. The maximum Gasteiger partial charge on any atom is 0.338 e. The van der Waals surface area contributed by atoms with Gasteiger partial charge in [-0.2, -0.15) is 0 Å². The summed E-state index contributed by atoms with van der Waals surface area (Å²) < 4.78 is 32.8. The molecule has 1 aromatic rings. The van der Waals surface area contributed by atoms with Crippen LogP contribution in [0.25, 0.3) is 0 Å². The van der Waals surface area contributed by atoms with Gasteiger partial charge in [-0.25, -0.2) is 13.2 Å². The number of rotatable bonds is 4. The number of halogens is 2. The van der Waals surface area contributed by atoms with Crippen molar-refractivity contribution in [1.82, 2.24) is 0 Å². The van der Waals surface area contributed by atoms with Crippen LogP contribution in [0.3, 0.4) is 0 Å². The Morgan fingerprint density at radius 1 is 1.44 bits per heavy atom. The van der Waals surface area contributed by atoms with Crippen molar-refractivity contribution in [3.63, 3.8) is 0 Å². The summed E-state index contributed by atoms with van der Waals surface area (Å²) in [6.45, 7) is 1.83. The van der Waals surface area contributed by atoms with Gasteiger partial charge in [0.05, 0.1) is 23.8 Å². The lowest BCUT2D eigenvalue weighted by atomic mass is 10.2. The maximum atomic E-state index is 11.6. The Labute approximate surface area is 118 Å². The summed E-state index contributed by atoms with van der Waals surface area (Å²) in [5.41, 5.74) is 0.0729. The zero-order chi connectivity index (χ0) is 13.9. The Kier molecular flexibility index (Phi) is 5.01. The Balaban J connectivity index is 3.45. The highest BCUT2D eigenvalue weighted by molar-refractivity contribution is 9.10. The highest BCUT2D eigenvalue weighted by Crippen LogP contribution is 2.35. The molecule has 5 nitrogen and oxygen atoms in total. The van der Waals surface area contributed by atoms with Crippen LogP contribution < -0.4 is 4.74 Å². The van der Waals surface area contributed by atoms with Crippen molar-refractivity contribution in [3.05, 3.63) is 22.2 Å². The average Bonchev–Trinajstić information content (AvgIpc) is 2.27. The third kappa shape index (κ3) is 3.37. The Bertz CT molecular complexity index is 570. The minimum atomic E-state index is -4.03. The summed E-state index contributed by atoms with van der Waals surface area (Å²) in [6, 6.07) is 2.52. The molecule has 0 saturated heterocycles. The van der Waals surface area contributed by atoms with Crippen LogP contribution >= 0.6 is 26.6 Å². The highest BCUT2D eigenvalue weighted by Gasteiger charge is 2.22. The predicted molar refractivity (Wildman–Crippen MR) is 69.7 cm³/mol. The van der Waals surface area contributed by atoms with Gasteiger partial charge < -0.3 is 9.47 Å². The van der Waals surface area contributed by atoms with Crippen molar-refractivity contribution in [3.8, 4) is 5.75 Å². The van der Waals surface area contributed by atoms with Crippen LogP contribution in [0.1, 0.15) is 17.3 Å². The fourth-order valence-electron chi connectivity index (χ4n) is 1.28. The van der Waals surface area contributed by atoms with E-state index in [9.17, 15) is 13.2 Å². The van der Waals surface area contributed by atoms with Crippen molar-refractivity contribution in [2.24, 2.45) is 0 Å². The first kappa shape index (κ1) is 15.3. The van der Waals surface area contributed by atoms with Gasteiger partial charge in [0.15, 0.2) is 5.75 Å². The molecular weight excluding hydrogens is 348 g/mol. The Morgan fingerprint density at radius 2 is 2.06 bits per heavy atom. The van der Waals surface area contributed by atoms with Gasteiger partial charge in [0.2, 0.25) is 0 Å². The van der Waals surface area contributed by atoms with Gasteiger partial charge in [0.1, 0.15) is 4.90 Å². The van der Waals surface area contributed by atoms with E-state index in [2.05, 4.69) is 15.9 Å². The molecule has 8 heteroatoms. The van der Waals surface area contributed by atoms with Crippen molar-refractivity contribution in [1.29, 1.82) is 0 Å². The van der Waals surface area contributed by atoms with E-state index in [1.54, 1.807) is 6.92 Å². The third-order valence-corrected chi connectivity index (χ3v) is 3.90. The van der Waals surface area contributed by atoms with Crippen LogP contribution in [0, 0.1) is 0 Å². The zero-order valence-electron chi connectivity index (χ0n) is 9.57. The molecule has 0 saturated carbocycles. The van der Waals surface area contributed by atoms with E-state index in [0.717, 1.165) is 6.07 Å². The largest absolute Gasteiger partial charge is 0.494 e. The number of ether oxygens (including phenoxy) is 2. The van der Waals surface area contributed by atoms with Crippen molar-refractivity contribution in [2.45, 2.75) is 11.8 Å². The van der Waals surface area contributed by atoms with E-state index >= 15 is 0 Å². The van der Waals surface area contributed by atoms with Crippen molar-refractivity contribution < 1.29 is 22.7 Å². The van der Waals surface area contributed by atoms with E-state index < -0.39 is 15.0 Å². The van der Waals surface area contributed by atoms with Crippen LogP contribution in [-0.4, -0.2) is 28.1 Å². The molecule has 0 heterocycles. The van der Waals surface area contributed by atoms with E-state index in [-0.39, 0.29) is 22.8 Å². The summed E-state index contributed by atoms with van der Waals surface area (Å²) in [4.78, 5) is 11.3. The number of methoxy groups -OCH3 is 1. The number of carbonyl (C=O) groups is 1. The Hall–Kier alpha value is -0.790. The van der Waals surface area contributed by atoms with Gasteiger partial charge in [-0.1, -0.05) is 0 Å². The molecule has 0 aromatic heterocycles. The zero-order valence-corrected chi connectivity index (χ0v) is 12.7. The lowest BCUT2D eigenvalue weighted by molar-refractivity contribution is 0.0526. The number of benzene rings is 1. The lowest BCUT2D eigenvalue weighted by Crippen LogP contribution is -2.07. The Morgan fingerprint density at radius 3 is 2.50 bits per heavy atom. The molecule has 0 radical (unpaired) electrons. The summed E-state index contributed by atoms with van der Waals surface area (Å²) >= 11 is 3.11. The standard InChI is InChI=1S/C10H10BrClO5S/c1-3-17-10(13)6-4-7(11)9(16-2)8(5-6)18(12,14)15/h4-5H,3H2,1-2H3. The van der Waals surface area contributed by atoms with E-state index in [1.807, 2.05) is 0 Å². The maximum absolute atomic E-state index is 11.6. The quantitative estimate of drug-likeness (QED) is 0.612. The minimum absolute atomic E-state index is 0.0399. The minimum Gasteiger partial charge on any atom is -0.494 e. The molecule has 0 atom stereocenters. The van der Waals surface area contributed by atoms with Crippen LogP contribution in [0.15, 0.2) is 21.5 Å². The van der Waals surface area contributed by atoms with Gasteiger partial charge in [-0.05, 0) is 35.0 Å². The van der Waals surface area contributed by atoms with E-state index in [1.165, 1.54) is 13.2 Å². The van der Waals surface area contributed by atoms with Crippen molar-refractivity contribution in [2.75, 3.05) is 13.7 Å². The number of esters is 1. The molecule has 0 aliphatic rings. The van der Waals surface area contributed by atoms with E-state index in [0.29, 0.717) is 4.47 Å². The van der Waals surface area contributed by atoms with Gasteiger partial charge in [-0.15, -0.1) is 0 Å². The predicted octanol–water partition coefficient (Wildman–Crippen LogP) is 2.56. The summed E-state index contributed by atoms with van der Waals surface area (Å²) in [6.07, 6.45) is 0. The second-order valence-corrected chi connectivity index (χ2v) is 6.54. The second kappa shape index (κ2) is 5.90. The second-order valence-electron chi connectivity index (χ2n) is 3.15. The van der Waals surface area contributed by atoms with Crippen LogP contribution in [-0.2, 0) is 13.8 Å². The molecule has 1 aromatic carbocycles. The first-order chi connectivity index (χ1) is 8.31. The first-order valence-corrected chi connectivity index (χ1v) is 7.90. The lowest BCUT2D eigenvalue weighted by Gasteiger charge is -2.10. The smallest absolute Gasteiger partial charge is 0.338 e. The molecule has 0 unspecified atom stereocenters. The fourth-order valence-corrected chi connectivity index (χ4v) is 3.06. The van der Waals surface area contributed by atoms with Gasteiger partial charge in [0, 0.05) is 10.7 Å².